The fourth-order valence-electron chi connectivity index (χ4n) is 2.22. The lowest BCUT2D eigenvalue weighted by Crippen LogP contribution is -2.25. The smallest absolute Gasteiger partial charge is 0.219 e. The molecule has 17 heavy (non-hydrogen) atoms. The molecule has 0 saturated carbocycles. The number of likely N-dealkylation sites (tertiary alicyclic amines) is 1. The molecule has 2 rings (SSSR count). The highest BCUT2D eigenvalue weighted by Gasteiger charge is 2.26. The summed E-state index contributed by atoms with van der Waals surface area (Å²) in [5.41, 5.74) is 1.03. The summed E-state index contributed by atoms with van der Waals surface area (Å²) in [5, 5.41) is 3.03. The maximum Gasteiger partial charge on any atom is 0.219 e. The number of anilines is 1. The van der Waals surface area contributed by atoms with Crippen molar-refractivity contribution in [1.82, 2.24) is 14.9 Å². The number of carbonyl (C=O) groups is 1. The Bertz CT molecular complexity index is 433. The number of aromatic nitrogens is 2. The van der Waals surface area contributed by atoms with Gasteiger partial charge in [0.25, 0.3) is 0 Å². The van der Waals surface area contributed by atoms with Gasteiger partial charge in [-0.1, -0.05) is 0 Å². The summed E-state index contributed by atoms with van der Waals surface area (Å²) in [6.45, 7) is 5.11. The predicted molar refractivity (Wildman–Crippen MR) is 65.9 cm³/mol. The first-order valence-corrected chi connectivity index (χ1v) is 5.89. The molecule has 1 aromatic rings. The molecule has 0 bridgehead atoms. The summed E-state index contributed by atoms with van der Waals surface area (Å²) in [5.74, 6) is 2.10. The van der Waals surface area contributed by atoms with Crippen molar-refractivity contribution in [3.8, 4) is 0 Å². The van der Waals surface area contributed by atoms with Gasteiger partial charge < -0.3 is 10.2 Å². The van der Waals surface area contributed by atoms with Crippen LogP contribution in [-0.4, -0.2) is 40.9 Å². The summed E-state index contributed by atoms with van der Waals surface area (Å²) in [6, 6.07) is 1.97. The van der Waals surface area contributed by atoms with Gasteiger partial charge in [0.15, 0.2) is 0 Å². The van der Waals surface area contributed by atoms with Crippen LogP contribution >= 0.6 is 0 Å². The molecule has 0 aromatic carbocycles. The van der Waals surface area contributed by atoms with Crippen LogP contribution in [0.2, 0.25) is 0 Å². The van der Waals surface area contributed by atoms with Gasteiger partial charge in [-0.3, -0.25) is 4.79 Å². The third-order valence-corrected chi connectivity index (χ3v) is 3.17. The minimum atomic E-state index is 0.145. The Morgan fingerprint density at radius 1 is 1.53 bits per heavy atom. The topological polar surface area (TPSA) is 58.1 Å². The summed E-state index contributed by atoms with van der Waals surface area (Å²) in [4.78, 5) is 21.9. The molecule has 1 aliphatic heterocycles. The van der Waals surface area contributed by atoms with E-state index >= 15 is 0 Å². The van der Waals surface area contributed by atoms with Crippen molar-refractivity contribution in [3.05, 3.63) is 17.6 Å². The Morgan fingerprint density at radius 3 is 2.88 bits per heavy atom. The Labute approximate surface area is 101 Å². The fourth-order valence-corrected chi connectivity index (χ4v) is 2.22. The van der Waals surface area contributed by atoms with Gasteiger partial charge in [-0.25, -0.2) is 9.97 Å². The van der Waals surface area contributed by atoms with E-state index in [2.05, 4.69) is 15.3 Å². The first-order valence-electron chi connectivity index (χ1n) is 5.89. The third kappa shape index (κ3) is 2.54. The van der Waals surface area contributed by atoms with E-state index in [1.165, 1.54) is 0 Å². The van der Waals surface area contributed by atoms with Crippen LogP contribution in [-0.2, 0) is 4.79 Å². The average molecular weight is 234 g/mol. The van der Waals surface area contributed by atoms with Crippen LogP contribution in [0.5, 0.6) is 0 Å². The molecule has 5 nitrogen and oxygen atoms in total. The predicted octanol–water partition coefficient (Wildman–Crippen LogP) is 1.16. The van der Waals surface area contributed by atoms with Crippen molar-refractivity contribution in [2.45, 2.75) is 26.2 Å². The lowest BCUT2D eigenvalue weighted by molar-refractivity contribution is -0.127. The van der Waals surface area contributed by atoms with Crippen molar-refractivity contribution < 1.29 is 4.79 Å². The average Bonchev–Trinajstić information content (AvgIpc) is 2.77. The van der Waals surface area contributed by atoms with E-state index in [0.29, 0.717) is 5.92 Å². The maximum atomic E-state index is 11.3. The van der Waals surface area contributed by atoms with Gasteiger partial charge in [0.2, 0.25) is 5.91 Å². The fraction of sp³-hybridized carbons (Fsp3) is 0.583. The van der Waals surface area contributed by atoms with Gasteiger partial charge in [0.1, 0.15) is 11.6 Å². The summed E-state index contributed by atoms with van der Waals surface area (Å²) >= 11 is 0. The third-order valence-electron chi connectivity index (χ3n) is 3.17. The molecular formula is C12H18N4O. The van der Waals surface area contributed by atoms with Crippen molar-refractivity contribution in [1.29, 1.82) is 0 Å². The zero-order valence-corrected chi connectivity index (χ0v) is 10.5. The van der Waals surface area contributed by atoms with Crippen LogP contribution in [0.25, 0.3) is 0 Å². The Kier molecular flexibility index (Phi) is 3.26. The molecular weight excluding hydrogens is 216 g/mol. The van der Waals surface area contributed by atoms with Crippen LogP contribution in [0.3, 0.4) is 0 Å². The number of rotatable bonds is 2. The number of amides is 1. The summed E-state index contributed by atoms with van der Waals surface area (Å²) < 4.78 is 0. The van der Waals surface area contributed by atoms with Crippen molar-refractivity contribution in [2.75, 3.05) is 25.5 Å². The van der Waals surface area contributed by atoms with E-state index < -0.39 is 0 Å². The number of hydrogen-bond acceptors (Lipinski definition) is 4. The van der Waals surface area contributed by atoms with Crippen LogP contribution in [0, 0.1) is 6.92 Å². The molecule has 2 heterocycles. The van der Waals surface area contributed by atoms with E-state index in [0.717, 1.165) is 36.8 Å². The standard InChI is InChI=1S/C12H18N4O/c1-8-14-11(6-12(13-3)15-8)10-4-5-16(7-10)9(2)17/h6,10H,4-5,7H2,1-3H3,(H,13,14,15)/t10-/m0/s1. The van der Waals surface area contributed by atoms with Crippen LogP contribution < -0.4 is 5.32 Å². The van der Waals surface area contributed by atoms with Crippen LogP contribution in [0.4, 0.5) is 5.82 Å². The number of aryl methyl sites for hydroxylation is 1. The molecule has 1 aromatic heterocycles. The second kappa shape index (κ2) is 4.69. The quantitative estimate of drug-likeness (QED) is 0.834. The molecule has 0 unspecified atom stereocenters. The van der Waals surface area contributed by atoms with Gasteiger partial charge in [-0.2, -0.15) is 0 Å². The molecule has 5 heteroatoms. The van der Waals surface area contributed by atoms with Crippen molar-refractivity contribution in [2.24, 2.45) is 0 Å². The summed E-state index contributed by atoms with van der Waals surface area (Å²) in [6.07, 6.45) is 0.985. The van der Waals surface area contributed by atoms with Gasteiger partial charge in [0, 0.05) is 39.0 Å². The van der Waals surface area contributed by atoms with E-state index in [-0.39, 0.29) is 5.91 Å². The number of nitrogens with one attached hydrogen (secondary N) is 1. The van der Waals surface area contributed by atoms with Crippen LogP contribution in [0.1, 0.15) is 30.8 Å². The minimum Gasteiger partial charge on any atom is -0.373 e. The van der Waals surface area contributed by atoms with E-state index in [1.54, 1.807) is 6.92 Å². The Balaban J connectivity index is 2.18. The number of carbonyl (C=O) groups excluding carboxylic acids is 1. The normalized spacial score (nSPS) is 19.5. The highest BCUT2D eigenvalue weighted by atomic mass is 16.2. The molecule has 1 fully saturated rings. The van der Waals surface area contributed by atoms with Gasteiger partial charge >= 0.3 is 0 Å². The molecule has 0 aliphatic carbocycles. The van der Waals surface area contributed by atoms with Gasteiger partial charge in [0.05, 0.1) is 5.69 Å². The monoisotopic (exact) mass is 234 g/mol. The number of nitrogens with zero attached hydrogens (tertiary/aromatic N) is 3. The van der Waals surface area contributed by atoms with Crippen LogP contribution in [0.15, 0.2) is 6.07 Å². The molecule has 0 radical (unpaired) electrons. The first kappa shape index (κ1) is 11.8. The van der Waals surface area contributed by atoms with E-state index in [9.17, 15) is 4.79 Å². The molecule has 1 saturated heterocycles. The van der Waals surface area contributed by atoms with E-state index in [1.807, 2.05) is 24.9 Å². The van der Waals surface area contributed by atoms with Gasteiger partial charge in [-0.05, 0) is 13.3 Å². The van der Waals surface area contributed by atoms with Crippen molar-refractivity contribution in [3.63, 3.8) is 0 Å². The molecule has 92 valence electrons. The highest BCUT2D eigenvalue weighted by molar-refractivity contribution is 5.73. The second-order valence-electron chi connectivity index (χ2n) is 4.43. The SMILES string of the molecule is CNc1cc([C@H]2CCN(C(C)=O)C2)nc(C)n1. The molecule has 1 atom stereocenters. The highest BCUT2D eigenvalue weighted by Crippen LogP contribution is 2.26. The van der Waals surface area contributed by atoms with Crippen molar-refractivity contribution >= 4 is 11.7 Å². The Hall–Kier alpha value is -1.65. The first-order chi connectivity index (χ1) is 8.10. The molecule has 1 aliphatic rings. The summed E-state index contributed by atoms with van der Waals surface area (Å²) in [7, 11) is 1.85. The van der Waals surface area contributed by atoms with E-state index in [4.69, 9.17) is 0 Å². The largest absolute Gasteiger partial charge is 0.373 e. The molecule has 1 amide bonds. The zero-order chi connectivity index (χ0) is 12.4. The zero-order valence-electron chi connectivity index (χ0n) is 10.5. The number of hydrogen-bond donors (Lipinski definition) is 1. The van der Waals surface area contributed by atoms with Gasteiger partial charge in [-0.15, -0.1) is 0 Å². The lowest BCUT2D eigenvalue weighted by Gasteiger charge is -2.14. The second-order valence-corrected chi connectivity index (χ2v) is 4.43. The lowest BCUT2D eigenvalue weighted by atomic mass is 10.0. The molecule has 0 spiro atoms. The molecule has 1 N–H and O–H groups in total. The minimum absolute atomic E-state index is 0.145. The Morgan fingerprint density at radius 2 is 2.29 bits per heavy atom. The maximum absolute atomic E-state index is 11.3.